The quantitative estimate of drug-likeness (QED) is 0.472. The van der Waals surface area contributed by atoms with Gasteiger partial charge in [-0.05, 0) is 36.0 Å². The van der Waals surface area contributed by atoms with Crippen LogP contribution < -0.4 is 0 Å². The van der Waals surface area contributed by atoms with Gasteiger partial charge in [-0.3, -0.25) is 14.5 Å². The van der Waals surface area contributed by atoms with Crippen molar-refractivity contribution in [3.05, 3.63) is 72.3 Å². The van der Waals surface area contributed by atoms with Crippen molar-refractivity contribution in [2.75, 3.05) is 26.3 Å². The van der Waals surface area contributed by atoms with E-state index in [-0.39, 0.29) is 30.3 Å². The highest BCUT2D eigenvalue weighted by molar-refractivity contribution is 5.87. The number of hydrogen-bond donors (Lipinski definition) is 1. The zero-order valence-electron chi connectivity index (χ0n) is 20.2. The van der Waals surface area contributed by atoms with Crippen LogP contribution in [0.1, 0.15) is 37.7 Å². The van der Waals surface area contributed by atoms with Crippen molar-refractivity contribution >= 4 is 11.8 Å². The molecule has 2 fully saturated rings. The molecule has 6 heteroatoms. The summed E-state index contributed by atoms with van der Waals surface area (Å²) in [5.41, 5.74) is 3.45. The van der Waals surface area contributed by atoms with E-state index in [1.54, 1.807) is 0 Å². The molecule has 35 heavy (non-hydrogen) atoms. The van der Waals surface area contributed by atoms with Crippen LogP contribution >= 0.6 is 0 Å². The summed E-state index contributed by atoms with van der Waals surface area (Å²) >= 11 is 0. The van der Waals surface area contributed by atoms with Crippen LogP contribution in [0.2, 0.25) is 0 Å². The van der Waals surface area contributed by atoms with E-state index in [2.05, 4.69) is 41.3 Å². The molecule has 1 saturated heterocycles. The molecule has 3 atom stereocenters. The van der Waals surface area contributed by atoms with Gasteiger partial charge in [-0.25, -0.2) is 0 Å². The molecule has 1 heterocycles. The molecule has 0 radical (unpaired) electrons. The fourth-order valence-corrected chi connectivity index (χ4v) is 5.13. The number of carbonyl (C=O) groups is 2. The van der Waals surface area contributed by atoms with E-state index >= 15 is 0 Å². The minimum Gasteiger partial charge on any atom is -0.481 e. The zero-order valence-corrected chi connectivity index (χ0v) is 20.2. The average Bonchev–Trinajstić information content (AvgIpc) is 3.20. The van der Waals surface area contributed by atoms with Crippen molar-refractivity contribution in [2.45, 2.75) is 50.9 Å². The molecule has 1 saturated carbocycles. The second-order valence-corrected chi connectivity index (χ2v) is 9.32. The number of carbonyl (C=O) groups excluding carboxylic acids is 1. The molecule has 0 amide bonds. The Morgan fingerprint density at radius 3 is 2.40 bits per heavy atom. The van der Waals surface area contributed by atoms with Gasteiger partial charge in [-0.15, -0.1) is 0 Å². The minimum atomic E-state index is -0.784. The van der Waals surface area contributed by atoms with Gasteiger partial charge in [0.1, 0.15) is 0 Å². The molecule has 186 valence electrons. The van der Waals surface area contributed by atoms with Crippen molar-refractivity contribution in [3.63, 3.8) is 0 Å². The number of ketones is 1. The van der Waals surface area contributed by atoms with Crippen LogP contribution in [0.3, 0.4) is 0 Å². The first-order valence-electron chi connectivity index (χ1n) is 12.6. The van der Waals surface area contributed by atoms with Gasteiger partial charge in [0.05, 0.1) is 32.0 Å². The molecule has 2 aromatic rings. The Morgan fingerprint density at radius 1 is 1.00 bits per heavy atom. The van der Waals surface area contributed by atoms with Crippen LogP contribution in [0.4, 0.5) is 0 Å². The molecule has 0 aromatic heterocycles. The van der Waals surface area contributed by atoms with E-state index in [1.807, 2.05) is 30.4 Å². The van der Waals surface area contributed by atoms with Crippen LogP contribution in [-0.2, 0) is 25.7 Å². The number of nitrogens with zero attached hydrogens (tertiary/aromatic N) is 1. The highest BCUT2D eigenvalue weighted by atomic mass is 16.5. The Bertz CT molecular complexity index is 982. The molecular weight excluding hydrogens is 442 g/mol. The number of carboxylic acid groups (broad SMARTS) is 1. The van der Waals surface area contributed by atoms with Gasteiger partial charge < -0.3 is 14.6 Å². The lowest BCUT2D eigenvalue weighted by atomic mass is 9.93. The lowest BCUT2D eigenvalue weighted by molar-refractivity contribution is -0.136. The van der Waals surface area contributed by atoms with Gasteiger partial charge in [0.25, 0.3) is 0 Å². The molecule has 4 rings (SSSR count). The second-order valence-electron chi connectivity index (χ2n) is 9.32. The van der Waals surface area contributed by atoms with Gasteiger partial charge in [0.15, 0.2) is 5.78 Å². The fraction of sp³-hybridized carbons (Fsp3) is 0.448. The summed E-state index contributed by atoms with van der Waals surface area (Å²) in [7, 11) is 0. The summed E-state index contributed by atoms with van der Waals surface area (Å²) in [4.78, 5) is 26.1. The molecule has 0 spiro atoms. The molecule has 1 N–H and O–H groups in total. The lowest BCUT2D eigenvalue weighted by Crippen LogP contribution is -2.49. The summed E-state index contributed by atoms with van der Waals surface area (Å²) in [5.74, 6) is -0.404. The molecule has 2 aromatic carbocycles. The van der Waals surface area contributed by atoms with Crippen LogP contribution in [-0.4, -0.2) is 60.2 Å². The first-order valence-corrected chi connectivity index (χ1v) is 12.6. The summed E-state index contributed by atoms with van der Waals surface area (Å²) in [6, 6.07) is 18.6. The SMILES string of the molecule is O=C(O)CCC=CCC[C@H]1[C@@H](OCc2ccc(-c3ccccc3)cc2)CC(=O)[C@@H]1N1CCOCC1. The number of aliphatic carboxylic acids is 1. The van der Waals surface area contributed by atoms with Crippen LogP contribution in [0.25, 0.3) is 11.1 Å². The Labute approximate surface area is 207 Å². The number of carboxylic acids is 1. The third-order valence-corrected chi connectivity index (χ3v) is 6.94. The molecule has 6 nitrogen and oxygen atoms in total. The van der Waals surface area contributed by atoms with Crippen molar-refractivity contribution in [2.24, 2.45) is 5.92 Å². The molecule has 1 aliphatic carbocycles. The summed E-state index contributed by atoms with van der Waals surface area (Å²) in [6.45, 7) is 3.34. The largest absolute Gasteiger partial charge is 0.481 e. The van der Waals surface area contributed by atoms with Gasteiger partial charge in [0, 0.05) is 31.8 Å². The van der Waals surface area contributed by atoms with E-state index in [0.29, 0.717) is 32.7 Å². The van der Waals surface area contributed by atoms with E-state index in [0.717, 1.165) is 31.5 Å². The maximum absolute atomic E-state index is 13.1. The molecule has 0 unspecified atom stereocenters. The lowest BCUT2D eigenvalue weighted by Gasteiger charge is -2.35. The van der Waals surface area contributed by atoms with E-state index in [1.165, 1.54) is 11.1 Å². The van der Waals surface area contributed by atoms with E-state index in [4.69, 9.17) is 14.6 Å². The molecule has 1 aliphatic heterocycles. The normalized spacial score (nSPS) is 23.2. The predicted octanol–water partition coefficient (Wildman–Crippen LogP) is 4.73. The summed E-state index contributed by atoms with van der Waals surface area (Å²) < 4.78 is 11.9. The van der Waals surface area contributed by atoms with Crippen LogP contribution in [0.5, 0.6) is 0 Å². The van der Waals surface area contributed by atoms with Gasteiger partial charge in [-0.2, -0.15) is 0 Å². The Kier molecular flexibility index (Phi) is 9.23. The molecular formula is C29H35NO5. The van der Waals surface area contributed by atoms with E-state index < -0.39 is 5.97 Å². The zero-order chi connectivity index (χ0) is 24.5. The topological polar surface area (TPSA) is 76.1 Å². The van der Waals surface area contributed by atoms with Gasteiger partial charge >= 0.3 is 5.97 Å². The predicted molar refractivity (Wildman–Crippen MR) is 135 cm³/mol. The van der Waals surface area contributed by atoms with Gasteiger partial charge in [-0.1, -0.05) is 66.7 Å². The van der Waals surface area contributed by atoms with Crippen molar-refractivity contribution in [1.29, 1.82) is 0 Å². The highest BCUT2D eigenvalue weighted by Crippen LogP contribution is 2.35. The number of hydrogen-bond acceptors (Lipinski definition) is 5. The highest BCUT2D eigenvalue weighted by Gasteiger charge is 2.45. The Hall–Kier alpha value is -2.80. The standard InChI is InChI=1S/C29H35NO5/c31-26-20-27(35-21-22-12-14-24(15-13-22)23-8-4-3-5-9-23)25(10-6-1-2-7-11-28(32)33)29(26)30-16-18-34-19-17-30/h1-5,8-9,12-15,25,27,29H,6-7,10-11,16-21H2,(H,32,33)/t25-,27-,29+/m0/s1. The number of morpholine rings is 1. The summed E-state index contributed by atoms with van der Waals surface area (Å²) in [5, 5.41) is 8.81. The van der Waals surface area contributed by atoms with Crippen molar-refractivity contribution in [3.8, 4) is 11.1 Å². The smallest absolute Gasteiger partial charge is 0.303 e. The first-order chi connectivity index (χ1) is 17.1. The minimum absolute atomic E-state index is 0.114. The first kappa shape index (κ1) is 25.3. The number of benzene rings is 2. The monoisotopic (exact) mass is 477 g/mol. The number of Topliss-reactive ketones (excluding diaryl/α,β-unsaturated/α-hetero) is 1. The number of allylic oxidation sites excluding steroid dienone is 2. The molecule has 0 bridgehead atoms. The van der Waals surface area contributed by atoms with Gasteiger partial charge in [0.2, 0.25) is 0 Å². The Morgan fingerprint density at radius 2 is 1.69 bits per heavy atom. The molecule has 2 aliphatic rings. The van der Waals surface area contributed by atoms with Crippen LogP contribution in [0.15, 0.2) is 66.7 Å². The number of rotatable bonds is 11. The second kappa shape index (κ2) is 12.8. The average molecular weight is 478 g/mol. The van der Waals surface area contributed by atoms with Crippen LogP contribution in [0, 0.1) is 5.92 Å². The van der Waals surface area contributed by atoms with Crippen molar-refractivity contribution < 1.29 is 24.2 Å². The number of ether oxygens (including phenoxy) is 2. The van der Waals surface area contributed by atoms with E-state index in [9.17, 15) is 9.59 Å². The maximum Gasteiger partial charge on any atom is 0.303 e. The Balaban J connectivity index is 1.38. The third kappa shape index (κ3) is 7.10. The third-order valence-electron chi connectivity index (χ3n) is 6.94. The summed E-state index contributed by atoms with van der Waals surface area (Å²) in [6.07, 6.45) is 6.63. The fourth-order valence-electron chi connectivity index (χ4n) is 5.13. The maximum atomic E-state index is 13.1. The van der Waals surface area contributed by atoms with Crippen molar-refractivity contribution in [1.82, 2.24) is 4.90 Å².